The van der Waals surface area contributed by atoms with Gasteiger partial charge in [0.15, 0.2) is 5.76 Å². The maximum Gasteiger partial charge on any atom is 0.151 e. The number of aromatic nitrogens is 2. The molecule has 5 heterocycles. The highest BCUT2D eigenvalue weighted by atomic mass is 32.1. The molecule has 2 aromatic heterocycles. The smallest absolute Gasteiger partial charge is 0.151 e. The van der Waals surface area contributed by atoms with Crippen LogP contribution in [0.4, 0.5) is 0 Å². The Balaban J connectivity index is 1.27. The fourth-order valence-corrected chi connectivity index (χ4v) is 5.03. The summed E-state index contributed by atoms with van der Waals surface area (Å²) >= 11 is 1.69. The summed E-state index contributed by atoms with van der Waals surface area (Å²) in [6, 6.07) is 12.9. The van der Waals surface area contributed by atoms with Crippen LogP contribution >= 0.6 is 11.3 Å². The maximum atomic E-state index is 5.67. The van der Waals surface area contributed by atoms with E-state index in [0.717, 1.165) is 49.1 Å². The highest BCUT2D eigenvalue weighted by Gasteiger charge is 2.35. The van der Waals surface area contributed by atoms with Crippen molar-refractivity contribution in [2.24, 2.45) is 5.92 Å². The molecule has 2 bridgehead atoms. The van der Waals surface area contributed by atoms with Crippen LogP contribution in [-0.4, -0.2) is 45.6 Å². The van der Waals surface area contributed by atoms with E-state index in [-0.39, 0.29) is 0 Å². The molecule has 3 aliphatic heterocycles. The number of hydrogen-bond donors (Lipinski definition) is 0. The van der Waals surface area contributed by atoms with Crippen LogP contribution in [0.2, 0.25) is 0 Å². The molecule has 0 radical (unpaired) electrons. The normalized spacial score (nSPS) is 23.6. The molecule has 0 unspecified atom stereocenters. The van der Waals surface area contributed by atoms with E-state index in [0.29, 0.717) is 6.04 Å². The molecule has 3 aliphatic rings. The van der Waals surface area contributed by atoms with Gasteiger partial charge >= 0.3 is 0 Å². The van der Waals surface area contributed by atoms with Crippen molar-refractivity contribution in [3.8, 4) is 11.3 Å². The lowest BCUT2D eigenvalue weighted by Crippen LogP contribution is -2.43. The van der Waals surface area contributed by atoms with Gasteiger partial charge in [-0.05, 0) is 18.8 Å². The van der Waals surface area contributed by atoms with E-state index >= 15 is 0 Å². The molecule has 0 N–H and O–H groups in total. The third-order valence-electron chi connectivity index (χ3n) is 5.76. The van der Waals surface area contributed by atoms with Crippen LogP contribution in [0.1, 0.15) is 24.3 Å². The minimum atomic E-state index is 0.590. The largest absolute Gasteiger partial charge is 0.359 e. The molecule has 0 saturated carbocycles. The van der Waals surface area contributed by atoms with Gasteiger partial charge in [-0.3, -0.25) is 9.80 Å². The molecule has 1 aromatic carbocycles. The average molecular weight is 381 g/mol. The van der Waals surface area contributed by atoms with Gasteiger partial charge in [0.2, 0.25) is 0 Å². The van der Waals surface area contributed by atoms with Gasteiger partial charge < -0.3 is 4.52 Å². The number of benzene rings is 1. The monoisotopic (exact) mass is 380 g/mol. The number of rotatable bonds is 5. The van der Waals surface area contributed by atoms with Crippen molar-refractivity contribution in [2.45, 2.75) is 32.0 Å². The van der Waals surface area contributed by atoms with E-state index in [9.17, 15) is 0 Å². The first-order chi connectivity index (χ1) is 13.3. The number of thiazole rings is 1. The Hall–Kier alpha value is -2.02. The zero-order valence-corrected chi connectivity index (χ0v) is 16.1. The van der Waals surface area contributed by atoms with Crippen LogP contribution in [0.25, 0.3) is 11.3 Å². The maximum absolute atomic E-state index is 5.67. The summed E-state index contributed by atoms with van der Waals surface area (Å²) in [7, 11) is 0. The fourth-order valence-electron chi connectivity index (χ4n) is 4.48. The minimum Gasteiger partial charge on any atom is -0.359 e. The molecule has 6 heteroatoms. The lowest BCUT2D eigenvalue weighted by atomic mass is 9.95. The van der Waals surface area contributed by atoms with Gasteiger partial charge in [-0.15, -0.1) is 11.3 Å². The molecule has 140 valence electrons. The fraction of sp³-hybridized carbons (Fsp3) is 0.429. The minimum absolute atomic E-state index is 0.590. The van der Waals surface area contributed by atoms with Crippen LogP contribution < -0.4 is 0 Å². The molecular weight excluding hydrogens is 356 g/mol. The van der Waals surface area contributed by atoms with Crippen molar-refractivity contribution in [1.29, 1.82) is 0 Å². The first kappa shape index (κ1) is 17.1. The van der Waals surface area contributed by atoms with Crippen LogP contribution in [0, 0.1) is 5.92 Å². The highest BCUT2D eigenvalue weighted by Crippen LogP contribution is 2.30. The summed E-state index contributed by atoms with van der Waals surface area (Å²) in [5.41, 5.74) is 5.17. The number of piperidine rings is 1. The molecule has 6 rings (SSSR count). The second-order valence-corrected chi connectivity index (χ2v) is 8.46. The van der Waals surface area contributed by atoms with Crippen LogP contribution in [0.5, 0.6) is 0 Å². The molecule has 5 nitrogen and oxygen atoms in total. The van der Waals surface area contributed by atoms with Crippen molar-refractivity contribution < 1.29 is 4.52 Å². The molecule has 27 heavy (non-hydrogen) atoms. The Labute approximate surface area is 163 Å². The van der Waals surface area contributed by atoms with E-state index in [4.69, 9.17) is 4.52 Å². The highest BCUT2D eigenvalue weighted by molar-refractivity contribution is 7.07. The van der Waals surface area contributed by atoms with Crippen molar-refractivity contribution >= 4 is 11.3 Å². The van der Waals surface area contributed by atoms with Crippen LogP contribution in [-0.2, 0) is 13.1 Å². The van der Waals surface area contributed by atoms with Crippen LogP contribution in [0.3, 0.4) is 0 Å². The van der Waals surface area contributed by atoms with Gasteiger partial charge in [-0.1, -0.05) is 35.5 Å². The van der Waals surface area contributed by atoms with Gasteiger partial charge in [0.1, 0.15) is 5.69 Å². The molecule has 0 aliphatic carbocycles. The molecular formula is C21H24N4OS. The summed E-state index contributed by atoms with van der Waals surface area (Å²) < 4.78 is 5.67. The number of hydrogen-bond acceptors (Lipinski definition) is 6. The molecule has 0 amide bonds. The Kier molecular flexibility index (Phi) is 4.78. The lowest BCUT2D eigenvalue weighted by Gasteiger charge is -2.35. The number of fused-ring (bicyclic) bond motifs is 4. The van der Waals surface area contributed by atoms with Crippen molar-refractivity contribution in [2.75, 3.05) is 19.6 Å². The summed E-state index contributed by atoms with van der Waals surface area (Å²) in [6.07, 6.45) is 2.61. The average Bonchev–Trinajstić information content (AvgIpc) is 3.29. The van der Waals surface area contributed by atoms with E-state index in [1.165, 1.54) is 25.1 Å². The first-order valence-electron chi connectivity index (χ1n) is 9.68. The molecule has 2 atom stereocenters. The van der Waals surface area contributed by atoms with Crippen LogP contribution in [0.15, 0.2) is 51.8 Å². The molecule has 0 spiro atoms. The molecule has 3 fully saturated rings. The summed E-state index contributed by atoms with van der Waals surface area (Å²) in [4.78, 5) is 9.66. The van der Waals surface area contributed by atoms with E-state index in [2.05, 4.69) is 43.5 Å². The number of nitrogens with zero attached hydrogens (tertiary/aromatic N) is 4. The second kappa shape index (κ2) is 7.54. The standard InChI is InChI=1S/C21H24N4OS/c1-2-4-17(5-3-1)21-8-20(26-23-21)13-25-10-16-6-7-19(25)12-24(9-16)11-18-14-27-15-22-18/h1-5,8,14-16,19H,6-7,9-13H2/t16-,19+/m0/s1. The Morgan fingerprint density at radius 3 is 2.85 bits per heavy atom. The quantitative estimate of drug-likeness (QED) is 0.672. The predicted molar refractivity (Wildman–Crippen MR) is 106 cm³/mol. The first-order valence-corrected chi connectivity index (χ1v) is 10.6. The predicted octanol–water partition coefficient (Wildman–Crippen LogP) is 3.89. The van der Waals surface area contributed by atoms with Crippen molar-refractivity contribution in [3.05, 3.63) is 58.7 Å². The zero-order valence-electron chi connectivity index (χ0n) is 15.3. The third kappa shape index (κ3) is 3.83. The Morgan fingerprint density at radius 1 is 1.07 bits per heavy atom. The summed E-state index contributed by atoms with van der Waals surface area (Å²) in [5, 5.41) is 6.45. The van der Waals surface area contributed by atoms with Gasteiger partial charge in [0.05, 0.1) is 17.7 Å². The summed E-state index contributed by atoms with van der Waals surface area (Å²) in [6.45, 7) is 5.28. The topological polar surface area (TPSA) is 45.4 Å². The van der Waals surface area contributed by atoms with Crippen molar-refractivity contribution in [3.63, 3.8) is 0 Å². The SMILES string of the molecule is c1ccc(-c2cc(CN3C[C@H]4CC[C@@H]3CN(Cc3cscn3)C4)on2)cc1. The third-order valence-corrected chi connectivity index (χ3v) is 6.39. The Morgan fingerprint density at radius 2 is 2.00 bits per heavy atom. The van der Waals surface area contributed by atoms with Gasteiger partial charge in [0.25, 0.3) is 0 Å². The van der Waals surface area contributed by atoms with Gasteiger partial charge in [-0.25, -0.2) is 4.98 Å². The van der Waals surface area contributed by atoms with Gasteiger partial charge in [0, 0.05) is 49.2 Å². The molecule has 3 saturated heterocycles. The van der Waals surface area contributed by atoms with E-state index < -0.39 is 0 Å². The van der Waals surface area contributed by atoms with Gasteiger partial charge in [-0.2, -0.15) is 0 Å². The molecule has 3 aromatic rings. The van der Waals surface area contributed by atoms with E-state index in [1.807, 2.05) is 23.7 Å². The second-order valence-electron chi connectivity index (χ2n) is 7.74. The Bertz CT molecular complexity index is 863. The zero-order chi connectivity index (χ0) is 18.1. The summed E-state index contributed by atoms with van der Waals surface area (Å²) in [5.74, 6) is 1.70. The van der Waals surface area contributed by atoms with E-state index in [1.54, 1.807) is 11.3 Å². The lowest BCUT2D eigenvalue weighted by molar-refractivity contribution is 0.111. The van der Waals surface area contributed by atoms with Crippen molar-refractivity contribution in [1.82, 2.24) is 19.9 Å².